The molecule has 112 valence electrons. The minimum absolute atomic E-state index is 0.0354. The molecule has 0 aliphatic rings. The van der Waals surface area contributed by atoms with Crippen LogP contribution >= 0.6 is 11.3 Å². The van der Waals surface area contributed by atoms with Gasteiger partial charge in [-0.3, -0.25) is 0 Å². The molecule has 0 saturated carbocycles. The van der Waals surface area contributed by atoms with E-state index >= 15 is 0 Å². The van der Waals surface area contributed by atoms with Gasteiger partial charge in [0.25, 0.3) is 0 Å². The van der Waals surface area contributed by atoms with E-state index in [9.17, 15) is 13.6 Å². The van der Waals surface area contributed by atoms with Crippen LogP contribution in [0.15, 0.2) is 24.3 Å². The molecule has 0 aliphatic heterocycles. The minimum atomic E-state index is -2.93. The fourth-order valence-corrected chi connectivity index (χ4v) is 3.06. The number of carbonyl (C=O) groups is 1. The van der Waals surface area contributed by atoms with Crippen LogP contribution in [0.25, 0.3) is 10.4 Å². The number of ether oxygens (including phenoxy) is 2. The van der Waals surface area contributed by atoms with Gasteiger partial charge in [-0.25, -0.2) is 4.79 Å². The number of hydrogen-bond donors (Lipinski definition) is 1. The zero-order valence-electron chi connectivity index (χ0n) is 11.4. The Labute approximate surface area is 124 Å². The van der Waals surface area contributed by atoms with E-state index in [1.54, 1.807) is 25.1 Å². The summed E-state index contributed by atoms with van der Waals surface area (Å²) in [5.41, 5.74) is 7.27. The number of anilines is 1. The highest BCUT2D eigenvalue weighted by Crippen LogP contribution is 2.42. The summed E-state index contributed by atoms with van der Waals surface area (Å²) in [5.74, 6) is -0.521. The maximum Gasteiger partial charge on any atom is 0.387 e. The predicted molar refractivity (Wildman–Crippen MR) is 76.9 cm³/mol. The first-order valence-corrected chi connectivity index (χ1v) is 6.78. The third-order valence-electron chi connectivity index (χ3n) is 2.91. The van der Waals surface area contributed by atoms with Gasteiger partial charge < -0.3 is 15.2 Å². The Morgan fingerprint density at radius 3 is 2.62 bits per heavy atom. The fourth-order valence-electron chi connectivity index (χ4n) is 1.88. The molecule has 0 amide bonds. The first-order valence-electron chi connectivity index (χ1n) is 5.97. The second-order valence-electron chi connectivity index (χ2n) is 4.17. The molecule has 0 radical (unpaired) electrons. The quantitative estimate of drug-likeness (QED) is 0.874. The van der Waals surface area contributed by atoms with Gasteiger partial charge in [-0.1, -0.05) is 12.1 Å². The third-order valence-corrected chi connectivity index (χ3v) is 4.23. The van der Waals surface area contributed by atoms with Crippen LogP contribution in [-0.2, 0) is 4.74 Å². The summed E-state index contributed by atoms with van der Waals surface area (Å²) in [6.07, 6.45) is 0. The van der Waals surface area contributed by atoms with E-state index < -0.39 is 12.6 Å². The van der Waals surface area contributed by atoms with Gasteiger partial charge in [0.2, 0.25) is 0 Å². The van der Waals surface area contributed by atoms with Gasteiger partial charge in [-0.15, -0.1) is 11.3 Å². The van der Waals surface area contributed by atoms with Crippen molar-refractivity contribution in [2.24, 2.45) is 0 Å². The van der Waals surface area contributed by atoms with Crippen molar-refractivity contribution in [3.8, 4) is 16.2 Å². The van der Waals surface area contributed by atoms with Gasteiger partial charge in [0, 0.05) is 10.4 Å². The molecule has 21 heavy (non-hydrogen) atoms. The first-order chi connectivity index (χ1) is 9.95. The zero-order valence-corrected chi connectivity index (χ0v) is 12.2. The van der Waals surface area contributed by atoms with Crippen molar-refractivity contribution in [1.29, 1.82) is 0 Å². The smallest absolute Gasteiger partial charge is 0.387 e. The molecule has 0 fully saturated rings. The standard InChI is InChI=1S/C14H13F2NO3S/c1-7-10(17)12(13(18)19-2)21-11(7)8-5-3-4-6-9(8)20-14(15)16/h3-6,14H,17H2,1-2H3. The summed E-state index contributed by atoms with van der Waals surface area (Å²) >= 11 is 1.09. The summed E-state index contributed by atoms with van der Waals surface area (Å²) in [5, 5.41) is 0. The van der Waals surface area contributed by atoms with E-state index in [1.807, 2.05) is 0 Å². The van der Waals surface area contributed by atoms with Gasteiger partial charge in [-0.2, -0.15) is 8.78 Å². The van der Waals surface area contributed by atoms with Crippen molar-refractivity contribution in [2.45, 2.75) is 13.5 Å². The highest BCUT2D eigenvalue weighted by Gasteiger charge is 2.22. The van der Waals surface area contributed by atoms with Crippen LogP contribution in [0.1, 0.15) is 15.2 Å². The van der Waals surface area contributed by atoms with E-state index in [0.717, 1.165) is 11.3 Å². The number of thiophene rings is 1. The lowest BCUT2D eigenvalue weighted by atomic mass is 10.1. The number of carbonyl (C=O) groups excluding carboxylic acids is 1. The Kier molecular flexibility index (Phi) is 4.42. The maximum atomic E-state index is 12.5. The van der Waals surface area contributed by atoms with Crippen LogP contribution in [-0.4, -0.2) is 19.7 Å². The lowest BCUT2D eigenvalue weighted by molar-refractivity contribution is -0.0494. The van der Waals surface area contributed by atoms with Crippen LogP contribution in [0.3, 0.4) is 0 Å². The number of hydrogen-bond acceptors (Lipinski definition) is 5. The third kappa shape index (κ3) is 2.97. The van der Waals surface area contributed by atoms with E-state index in [-0.39, 0.29) is 16.3 Å². The molecule has 0 atom stereocenters. The van der Waals surface area contributed by atoms with Crippen molar-refractivity contribution in [1.82, 2.24) is 0 Å². The second-order valence-corrected chi connectivity index (χ2v) is 5.19. The summed E-state index contributed by atoms with van der Waals surface area (Å²) in [6, 6.07) is 6.36. The fraction of sp³-hybridized carbons (Fsp3) is 0.214. The van der Waals surface area contributed by atoms with E-state index in [0.29, 0.717) is 16.0 Å². The van der Waals surface area contributed by atoms with Crippen LogP contribution in [0.4, 0.5) is 14.5 Å². The molecule has 0 spiro atoms. The largest absolute Gasteiger partial charge is 0.465 e. The number of nitrogens with two attached hydrogens (primary N) is 1. The average molecular weight is 313 g/mol. The molecule has 2 aromatic rings. The van der Waals surface area contributed by atoms with Gasteiger partial charge in [-0.05, 0) is 24.6 Å². The Balaban J connectivity index is 2.55. The van der Waals surface area contributed by atoms with Gasteiger partial charge in [0.15, 0.2) is 0 Å². The number of para-hydroxylation sites is 1. The van der Waals surface area contributed by atoms with E-state index in [4.69, 9.17) is 5.73 Å². The number of benzene rings is 1. The molecule has 4 nitrogen and oxygen atoms in total. The van der Waals surface area contributed by atoms with Crippen molar-refractivity contribution in [3.05, 3.63) is 34.7 Å². The van der Waals surface area contributed by atoms with Gasteiger partial charge in [0.05, 0.1) is 12.8 Å². The zero-order chi connectivity index (χ0) is 15.6. The number of esters is 1. The molecule has 2 N–H and O–H groups in total. The van der Waals surface area contributed by atoms with Crippen LogP contribution in [0.5, 0.6) is 5.75 Å². The summed E-state index contributed by atoms with van der Waals surface area (Å²) in [7, 11) is 1.25. The topological polar surface area (TPSA) is 61.5 Å². The highest BCUT2D eigenvalue weighted by molar-refractivity contribution is 7.18. The summed E-state index contributed by atoms with van der Waals surface area (Å²) in [6.45, 7) is -1.21. The minimum Gasteiger partial charge on any atom is -0.465 e. The van der Waals surface area contributed by atoms with Crippen LogP contribution in [0, 0.1) is 6.92 Å². The SMILES string of the molecule is COC(=O)c1sc(-c2ccccc2OC(F)F)c(C)c1N. The summed E-state index contributed by atoms with van der Waals surface area (Å²) < 4.78 is 34.1. The lowest BCUT2D eigenvalue weighted by Crippen LogP contribution is -2.03. The molecule has 1 heterocycles. The van der Waals surface area contributed by atoms with Crippen LogP contribution < -0.4 is 10.5 Å². The number of alkyl halides is 2. The number of halogens is 2. The van der Waals surface area contributed by atoms with Crippen molar-refractivity contribution in [2.75, 3.05) is 12.8 Å². The van der Waals surface area contributed by atoms with Crippen molar-refractivity contribution >= 4 is 23.0 Å². The first kappa shape index (κ1) is 15.2. The second kappa shape index (κ2) is 6.09. The molecule has 2 rings (SSSR count). The van der Waals surface area contributed by atoms with E-state index in [1.165, 1.54) is 13.2 Å². The molecule has 1 aromatic heterocycles. The Hall–Kier alpha value is -2.15. The monoisotopic (exact) mass is 313 g/mol. The number of methoxy groups -OCH3 is 1. The Bertz CT molecular complexity index is 670. The summed E-state index contributed by atoms with van der Waals surface area (Å²) in [4.78, 5) is 12.5. The highest BCUT2D eigenvalue weighted by atomic mass is 32.1. The van der Waals surface area contributed by atoms with Gasteiger partial charge >= 0.3 is 12.6 Å². The lowest BCUT2D eigenvalue weighted by Gasteiger charge is -2.09. The molecule has 0 unspecified atom stereocenters. The molecule has 0 bridgehead atoms. The normalized spacial score (nSPS) is 10.7. The molecular weight excluding hydrogens is 300 g/mol. The number of nitrogen functional groups attached to an aromatic ring is 1. The molecular formula is C14H13F2NO3S. The van der Waals surface area contributed by atoms with Crippen molar-refractivity contribution in [3.63, 3.8) is 0 Å². The number of rotatable bonds is 4. The molecule has 0 aliphatic carbocycles. The van der Waals surface area contributed by atoms with Crippen molar-refractivity contribution < 1.29 is 23.0 Å². The average Bonchev–Trinajstić information content (AvgIpc) is 2.75. The molecule has 0 saturated heterocycles. The van der Waals surface area contributed by atoms with Crippen LogP contribution in [0.2, 0.25) is 0 Å². The molecule has 7 heteroatoms. The van der Waals surface area contributed by atoms with Gasteiger partial charge in [0.1, 0.15) is 10.6 Å². The van der Waals surface area contributed by atoms with E-state index in [2.05, 4.69) is 9.47 Å². The Morgan fingerprint density at radius 1 is 1.33 bits per heavy atom. The predicted octanol–water partition coefficient (Wildman–Crippen LogP) is 3.69. The maximum absolute atomic E-state index is 12.5. The molecule has 1 aromatic carbocycles. The Morgan fingerprint density at radius 2 is 2.00 bits per heavy atom.